The average Bonchev–Trinajstić information content (AvgIpc) is 2.74. The topological polar surface area (TPSA) is 102 Å². The van der Waals surface area contributed by atoms with Crippen LogP contribution in [0.1, 0.15) is 6.92 Å². The number of para-hydroxylation sites is 2. The van der Waals surface area contributed by atoms with E-state index in [0.29, 0.717) is 36.8 Å². The fraction of sp³-hybridized carbons (Fsp3) is 0.409. The Labute approximate surface area is 189 Å². The summed E-state index contributed by atoms with van der Waals surface area (Å²) in [7, 11) is -3.32. The van der Waals surface area contributed by atoms with Crippen LogP contribution in [-0.4, -0.2) is 76.6 Å². The molecule has 0 unspecified atom stereocenters. The third-order valence-electron chi connectivity index (χ3n) is 5.21. The second kappa shape index (κ2) is 10.6. The van der Waals surface area contributed by atoms with Crippen molar-refractivity contribution in [2.24, 2.45) is 0 Å². The van der Waals surface area contributed by atoms with Gasteiger partial charge in [0.1, 0.15) is 5.75 Å². The normalized spacial score (nSPS) is 14.8. The van der Waals surface area contributed by atoms with Gasteiger partial charge in [0.05, 0.1) is 24.2 Å². The Morgan fingerprint density at radius 3 is 2.50 bits per heavy atom. The van der Waals surface area contributed by atoms with Crippen LogP contribution >= 0.6 is 0 Å². The molecule has 1 amide bonds. The minimum absolute atomic E-state index is 0.340. The van der Waals surface area contributed by atoms with Gasteiger partial charge in [-0.05, 0) is 37.3 Å². The van der Waals surface area contributed by atoms with Gasteiger partial charge in [-0.1, -0.05) is 18.2 Å². The lowest BCUT2D eigenvalue weighted by Crippen LogP contribution is -2.49. The van der Waals surface area contributed by atoms with Gasteiger partial charge in [0.2, 0.25) is 10.0 Å². The minimum atomic E-state index is -3.32. The van der Waals surface area contributed by atoms with Gasteiger partial charge in [0, 0.05) is 45.0 Å². The summed E-state index contributed by atoms with van der Waals surface area (Å²) in [6, 6.07) is 14.5. The van der Waals surface area contributed by atoms with Crippen molar-refractivity contribution >= 4 is 33.2 Å². The van der Waals surface area contributed by atoms with Crippen molar-refractivity contribution in [1.29, 1.82) is 0 Å². The van der Waals surface area contributed by atoms with Gasteiger partial charge < -0.3 is 14.7 Å². The quantitative estimate of drug-likeness (QED) is 0.591. The van der Waals surface area contributed by atoms with Crippen molar-refractivity contribution in [3.8, 4) is 5.75 Å². The van der Waals surface area contributed by atoms with Crippen molar-refractivity contribution in [3.63, 3.8) is 0 Å². The number of amides is 1. The van der Waals surface area contributed by atoms with E-state index < -0.39 is 16.1 Å². The number of carboxylic acid groups (broad SMARTS) is 1. The van der Waals surface area contributed by atoms with Crippen LogP contribution in [0, 0.1) is 0 Å². The van der Waals surface area contributed by atoms with E-state index in [2.05, 4.69) is 14.5 Å². The molecule has 2 N–H and O–H groups in total. The molecule has 1 aliphatic heterocycles. The zero-order valence-electron chi connectivity index (χ0n) is 18.4. The molecule has 0 saturated carbocycles. The number of nitrogens with zero attached hydrogens (tertiary/aromatic N) is 3. The minimum Gasteiger partial charge on any atom is -0.492 e. The highest BCUT2D eigenvalue weighted by molar-refractivity contribution is 7.92. The maximum Gasteiger partial charge on any atom is 0.411 e. The van der Waals surface area contributed by atoms with E-state index in [9.17, 15) is 18.3 Å². The first-order chi connectivity index (χ1) is 15.3. The number of nitrogens with one attached hydrogen (secondary N) is 1. The van der Waals surface area contributed by atoms with Gasteiger partial charge in [-0.25, -0.2) is 13.2 Å². The molecule has 2 aromatic rings. The van der Waals surface area contributed by atoms with Gasteiger partial charge in [-0.15, -0.1) is 0 Å². The molecule has 0 atom stereocenters. The molecule has 1 fully saturated rings. The number of piperazine rings is 1. The number of anilines is 3. The molecule has 0 bridgehead atoms. The van der Waals surface area contributed by atoms with Crippen LogP contribution in [0.2, 0.25) is 0 Å². The molecule has 1 heterocycles. The molecule has 10 heteroatoms. The number of carbonyl (C=O) groups is 1. The number of sulfonamides is 1. The lowest BCUT2D eigenvalue weighted by molar-refractivity contribution is 0.198. The summed E-state index contributed by atoms with van der Waals surface area (Å²) < 4.78 is 31.1. The highest BCUT2D eigenvalue weighted by Gasteiger charge is 2.22. The van der Waals surface area contributed by atoms with E-state index in [0.717, 1.165) is 38.1 Å². The Hall–Kier alpha value is -2.98. The van der Waals surface area contributed by atoms with Crippen molar-refractivity contribution in [2.45, 2.75) is 6.92 Å². The standard InChI is InChI=1S/C22H30N4O5S/c1-3-31-21-10-5-4-9-20(21)26(22(27)28)16-13-24-11-14-25(15-12-24)19-8-6-7-18(17-19)23-32(2,29)30/h4-10,17,23H,3,11-16H2,1-2H3,(H,27,28). The molecule has 0 aliphatic carbocycles. The molecule has 2 aromatic carbocycles. The van der Waals surface area contributed by atoms with Gasteiger partial charge in [0.25, 0.3) is 0 Å². The zero-order chi connectivity index (χ0) is 23.1. The summed E-state index contributed by atoms with van der Waals surface area (Å²) in [5.74, 6) is 0.560. The number of ether oxygens (including phenoxy) is 1. The van der Waals surface area contributed by atoms with Crippen LogP contribution in [0.3, 0.4) is 0 Å². The molecule has 0 aromatic heterocycles. The SMILES string of the molecule is CCOc1ccccc1N(CCN1CCN(c2cccc(NS(C)(=O)=O)c2)CC1)C(=O)O. The Morgan fingerprint density at radius 2 is 1.84 bits per heavy atom. The maximum absolute atomic E-state index is 11.9. The van der Waals surface area contributed by atoms with Crippen molar-refractivity contribution < 1.29 is 23.1 Å². The average molecular weight is 463 g/mol. The van der Waals surface area contributed by atoms with Crippen molar-refractivity contribution in [2.75, 3.05) is 66.7 Å². The molecule has 174 valence electrons. The first kappa shape index (κ1) is 23.7. The van der Waals surface area contributed by atoms with Crippen molar-refractivity contribution in [3.05, 3.63) is 48.5 Å². The Bertz CT molecular complexity index is 1020. The molecular formula is C22H30N4O5S. The van der Waals surface area contributed by atoms with Crippen LogP contribution in [0.15, 0.2) is 48.5 Å². The monoisotopic (exact) mass is 462 g/mol. The lowest BCUT2D eigenvalue weighted by Gasteiger charge is -2.37. The van der Waals surface area contributed by atoms with Gasteiger partial charge in [-0.3, -0.25) is 14.5 Å². The summed E-state index contributed by atoms with van der Waals surface area (Å²) in [4.78, 5) is 17.7. The fourth-order valence-corrected chi connectivity index (χ4v) is 4.28. The number of rotatable bonds is 9. The van der Waals surface area contributed by atoms with E-state index >= 15 is 0 Å². The van der Waals surface area contributed by atoms with Crippen LogP contribution in [0.4, 0.5) is 21.9 Å². The van der Waals surface area contributed by atoms with Crippen LogP contribution < -0.4 is 19.3 Å². The predicted molar refractivity (Wildman–Crippen MR) is 127 cm³/mol. The van der Waals surface area contributed by atoms with E-state index in [-0.39, 0.29) is 0 Å². The molecule has 0 spiro atoms. The molecule has 3 rings (SSSR count). The van der Waals surface area contributed by atoms with E-state index in [1.54, 1.807) is 24.3 Å². The Morgan fingerprint density at radius 1 is 1.12 bits per heavy atom. The van der Waals surface area contributed by atoms with Crippen LogP contribution in [0.25, 0.3) is 0 Å². The number of benzene rings is 2. The summed E-state index contributed by atoms with van der Waals surface area (Å²) >= 11 is 0. The smallest absolute Gasteiger partial charge is 0.411 e. The van der Waals surface area contributed by atoms with Crippen LogP contribution in [0.5, 0.6) is 5.75 Å². The third kappa shape index (κ3) is 6.51. The third-order valence-corrected chi connectivity index (χ3v) is 5.82. The summed E-state index contributed by atoms with van der Waals surface area (Å²) in [5.41, 5.74) is 2.05. The summed E-state index contributed by atoms with van der Waals surface area (Å²) in [6.45, 7) is 6.38. The van der Waals surface area contributed by atoms with E-state index in [1.165, 1.54) is 4.90 Å². The number of hydrogen-bond acceptors (Lipinski definition) is 6. The molecule has 32 heavy (non-hydrogen) atoms. The lowest BCUT2D eigenvalue weighted by atomic mass is 10.2. The first-order valence-corrected chi connectivity index (χ1v) is 12.4. The Kier molecular flexibility index (Phi) is 7.81. The van der Waals surface area contributed by atoms with Crippen molar-refractivity contribution in [1.82, 2.24) is 4.90 Å². The first-order valence-electron chi connectivity index (χ1n) is 10.5. The Balaban J connectivity index is 1.58. The molecular weight excluding hydrogens is 432 g/mol. The second-order valence-corrected chi connectivity index (χ2v) is 9.34. The second-order valence-electron chi connectivity index (χ2n) is 7.59. The highest BCUT2D eigenvalue weighted by Crippen LogP contribution is 2.28. The highest BCUT2D eigenvalue weighted by atomic mass is 32.2. The summed E-state index contributed by atoms with van der Waals surface area (Å²) in [5, 5.41) is 9.74. The zero-order valence-corrected chi connectivity index (χ0v) is 19.2. The largest absolute Gasteiger partial charge is 0.492 e. The van der Waals surface area contributed by atoms with E-state index in [1.807, 2.05) is 31.2 Å². The summed E-state index contributed by atoms with van der Waals surface area (Å²) in [6.07, 6.45) is 0.122. The molecule has 0 radical (unpaired) electrons. The molecule has 9 nitrogen and oxygen atoms in total. The fourth-order valence-electron chi connectivity index (χ4n) is 3.73. The maximum atomic E-state index is 11.9. The number of hydrogen-bond donors (Lipinski definition) is 2. The van der Waals surface area contributed by atoms with E-state index in [4.69, 9.17) is 4.74 Å². The molecule has 1 aliphatic rings. The van der Waals surface area contributed by atoms with Gasteiger partial charge >= 0.3 is 6.09 Å². The predicted octanol–water partition coefficient (Wildman–Crippen LogP) is 2.76. The van der Waals surface area contributed by atoms with Crippen LogP contribution in [-0.2, 0) is 10.0 Å². The van der Waals surface area contributed by atoms with Gasteiger partial charge in [0.15, 0.2) is 0 Å². The van der Waals surface area contributed by atoms with Gasteiger partial charge in [-0.2, -0.15) is 0 Å². The molecule has 1 saturated heterocycles.